The van der Waals surface area contributed by atoms with Gasteiger partial charge in [-0.3, -0.25) is 9.59 Å². The number of H-pyrrole nitrogens is 1. The first-order chi connectivity index (χ1) is 7.52. The van der Waals surface area contributed by atoms with Crippen LogP contribution in [0.5, 0.6) is 0 Å². The van der Waals surface area contributed by atoms with Crippen molar-refractivity contribution in [1.82, 2.24) is 4.98 Å². The van der Waals surface area contributed by atoms with E-state index < -0.39 is 0 Å². The minimum atomic E-state index is -0.340. The zero-order valence-electron chi connectivity index (χ0n) is 8.30. The zero-order valence-corrected chi connectivity index (χ0v) is 10.6. The molecule has 2 aromatic rings. The van der Waals surface area contributed by atoms with Gasteiger partial charge in [0.1, 0.15) is 0 Å². The minimum Gasteiger partial charge on any atom is -0.359 e. The van der Waals surface area contributed by atoms with Gasteiger partial charge in [-0.1, -0.05) is 11.6 Å². The fourth-order valence-corrected chi connectivity index (χ4v) is 2.21. The number of ketones is 1. The number of Topliss-reactive ketones (excluding diaryl/α,β-unsaturated/α-hetero) is 1. The van der Waals surface area contributed by atoms with Crippen molar-refractivity contribution < 1.29 is 4.79 Å². The monoisotopic (exact) mass is 299 g/mol. The summed E-state index contributed by atoms with van der Waals surface area (Å²) in [7, 11) is 0. The van der Waals surface area contributed by atoms with Crippen molar-refractivity contribution >= 4 is 44.2 Å². The smallest absolute Gasteiger partial charge is 0.201 e. The van der Waals surface area contributed by atoms with E-state index >= 15 is 0 Å². The van der Waals surface area contributed by atoms with Crippen LogP contribution in [0.15, 0.2) is 27.6 Å². The SMILES string of the molecule is CC(=O)c1c[nH]c2c(Br)ccc(Cl)c2c1=O. The lowest BCUT2D eigenvalue weighted by Crippen LogP contribution is -2.14. The van der Waals surface area contributed by atoms with Crippen LogP contribution in [0, 0.1) is 0 Å². The largest absolute Gasteiger partial charge is 0.359 e. The fraction of sp³-hybridized carbons (Fsp3) is 0.0909. The summed E-state index contributed by atoms with van der Waals surface area (Å²) in [6, 6.07) is 3.36. The molecule has 0 radical (unpaired) electrons. The predicted molar refractivity (Wildman–Crippen MR) is 67.3 cm³/mol. The Kier molecular flexibility index (Phi) is 2.86. The molecule has 16 heavy (non-hydrogen) atoms. The van der Waals surface area contributed by atoms with E-state index in [9.17, 15) is 9.59 Å². The number of carbonyl (C=O) groups is 1. The minimum absolute atomic E-state index is 0.118. The number of aromatic amines is 1. The number of halogens is 2. The Morgan fingerprint density at radius 2 is 2.12 bits per heavy atom. The number of hydrogen-bond acceptors (Lipinski definition) is 2. The maximum atomic E-state index is 12.0. The highest BCUT2D eigenvalue weighted by Crippen LogP contribution is 2.26. The normalized spacial score (nSPS) is 10.7. The third-order valence-corrected chi connectivity index (χ3v) is 3.29. The highest BCUT2D eigenvalue weighted by molar-refractivity contribution is 9.10. The van der Waals surface area contributed by atoms with Crippen LogP contribution in [0.2, 0.25) is 5.02 Å². The maximum absolute atomic E-state index is 12.0. The molecule has 3 nitrogen and oxygen atoms in total. The number of fused-ring (bicyclic) bond motifs is 1. The summed E-state index contributed by atoms with van der Waals surface area (Å²) in [4.78, 5) is 26.1. The molecule has 2 rings (SSSR count). The number of carbonyl (C=O) groups excluding carboxylic acids is 1. The lowest BCUT2D eigenvalue weighted by Gasteiger charge is -2.04. The highest BCUT2D eigenvalue weighted by atomic mass is 79.9. The number of pyridine rings is 1. The molecule has 0 aliphatic heterocycles. The molecule has 0 atom stereocenters. The van der Waals surface area contributed by atoms with Gasteiger partial charge in [0.2, 0.25) is 5.43 Å². The topological polar surface area (TPSA) is 49.9 Å². The number of benzene rings is 1. The summed E-state index contributed by atoms with van der Waals surface area (Å²) >= 11 is 9.27. The van der Waals surface area contributed by atoms with Gasteiger partial charge in [-0.2, -0.15) is 0 Å². The first-order valence-corrected chi connectivity index (χ1v) is 5.70. The third-order valence-electron chi connectivity index (χ3n) is 2.32. The van der Waals surface area contributed by atoms with Gasteiger partial charge in [0.25, 0.3) is 0 Å². The molecule has 0 fully saturated rings. The van der Waals surface area contributed by atoms with Gasteiger partial charge in [-0.05, 0) is 35.0 Å². The molecule has 1 aromatic heterocycles. The molecular formula is C11H7BrClNO2. The number of rotatable bonds is 1. The lowest BCUT2D eigenvalue weighted by molar-refractivity contribution is 0.101. The zero-order chi connectivity index (χ0) is 11.9. The van der Waals surface area contributed by atoms with Crippen LogP contribution in [0.3, 0.4) is 0 Å². The van der Waals surface area contributed by atoms with Crippen LogP contribution in [-0.4, -0.2) is 10.8 Å². The van der Waals surface area contributed by atoms with E-state index in [1.807, 2.05) is 0 Å². The van der Waals surface area contributed by atoms with Crippen LogP contribution in [-0.2, 0) is 0 Å². The molecular weight excluding hydrogens is 293 g/mol. The van der Waals surface area contributed by atoms with Crippen molar-refractivity contribution in [2.75, 3.05) is 0 Å². The van der Waals surface area contributed by atoms with Crippen molar-refractivity contribution in [2.24, 2.45) is 0 Å². The van der Waals surface area contributed by atoms with Crippen LogP contribution in [0.4, 0.5) is 0 Å². The van der Waals surface area contributed by atoms with Gasteiger partial charge in [0.15, 0.2) is 5.78 Å². The van der Waals surface area contributed by atoms with E-state index in [1.165, 1.54) is 13.1 Å². The van der Waals surface area contributed by atoms with Crippen molar-refractivity contribution in [2.45, 2.75) is 6.92 Å². The Bertz CT molecular complexity index is 648. The van der Waals surface area contributed by atoms with E-state index in [-0.39, 0.29) is 16.8 Å². The Labute approximate surface area is 105 Å². The van der Waals surface area contributed by atoms with Gasteiger partial charge in [0.05, 0.1) is 21.5 Å². The molecule has 1 N–H and O–H groups in total. The fourth-order valence-electron chi connectivity index (χ4n) is 1.52. The summed E-state index contributed by atoms with van der Waals surface area (Å²) in [6.45, 7) is 1.35. The molecule has 5 heteroatoms. The van der Waals surface area contributed by atoms with Gasteiger partial charge >= 0.3 is 0 Å². The van der Waals surface area contributed by atoms with Crippen LogP contribution < -0.4 is 5.43 Å². The standard InChI is InChI=1S/C11H7BrClNO2/c1-5(15)6-4-14-10-7(12)2-3-8(13)9(10)11(6)16/h2-4H,1H3,(H,14,16). The van der Waals surface area contributed by atoms with Crippen molar-refractivity contribution in [3.05, 3.63) is 43.6 Å². The number of aromatic nitrogens is 1. The summed E-state index contributed by atoms with van der Waals surface area (Å²) in [5.74, 6) is -0.279. The molecule has 0 spiro atoms. The lowest BCUT2D eigenvalue weighted by atomic mass is 10.1. The maximum Gasteiger partial charge on any atom is 0.201 e. The van der Waals surface area contributed by atoms with E-state index in [0.717, 1.165) is 4.47 Å². The molecule has 82 valence electrons. The van der Waals surface area contributed by atoms with Crippen molar-refractivity contribution in [3.8, 4) is 0 Å². The van der Waals surface area contributed by atoms with E-state index in [0.29, 0.717) is 15.9 Å². The Morgan fingerprint density at radius 1 is 1.44 bits per heavy atom. The van der Waals surface area contributed by atoms with E-state index in [1.54, 1.807) is 12.1 Å². The predicted octanol–water partition coefficient (Wildman–Crippen LogP) is 3.15. The molecule has 0 unspecified atom stereocenters. The van der Waals surface area contributed by atoms with E-state index in [2.05, 4.69) is 20.9 Å². The van der Waals surface area contributed by atoms with E-state index in [4.69, 9.17) is 11.6 Å². The van der Waals surface area contributed by atoms with Gasteiger partial charge < -0.3 is 4.98 Å². The van der Waals surface area contributed by atoms with Gasteiger partial charge in [-0.25, -0.2) is 0 Å². The number of nitrogens with one attached hydrogen (secondary N) is 1. The summed E-state index contributed by atoms with van der Waals surface area (Å²) in [5.41, 5.74) is 0.377. The van der Waals surface area contributed by atoms with Crippen LogP contribution >= 0.6 is 27.5 Å². The molecule has 0 saturated carbocycles. The summed E-state index contributed by atoms with van der Waals surface area (Å²) < 4.78 is 0.735. The molecule has 1 heterocycles. The Morgan fingerprint density at radius 3 is 2.75 bits per heavy atom. The highest BCUT2D eigenvalue weighted by Gasteiger charge is 2.12. The molecule has 0 amide bonds. The molecule has 0 saturated heterocycles. The van der Waals surface area contributed by atoms with Gasteiger partial charge in [-0.15, -0.1) is 0 Å². The second kappa shape index (κ2) is 4.03. The quantitative estimate of drug-likeness (QED) is 0.823. The molecule has 1 aromatic carbocycles. The third kappa shape index (κ3) is 1.68. The number of hydrogen-bond donors (Lipinski definition) is 1. The first kappa shape index (κ1) is 11.4. The van der Waals surface area contributed by atoms with Crippen LogP contribution in [0.25, 0.3) is 10.9 Å². The summed E-state index contributed by atoms with van der Waals surface area (Å²) in [5, 5.41) is 0.672. The Balaban J connectivity index is 3.00. The summed E-state index contributed by atoms with van der Waals surface area (Å²) in [6.07, 6.45) is 1.41. The molecule has 0 aliphatic rings. The first-order valence-electron chi connectivity index (χ1n) is 4.52. The Hall–Kier alpha value is -1.13. The molecule has 0 aliphatic carbocycles. The van der Waals surface area contributed by atoms with Crippen LogP contribution in [0.1, 0.15) is 17.3 Å². The van der Waals surface area contributed by atoms with Crippen molar-refractivity contribution in [1.29, 1.82) is 0 Å². The second-order valence-corrected chi connectivity index (χ2v) is 4.63. The second-order valence-electron chi connectivity index (χ2n) is 3.37. The average molecular weight is 301 g/mol. The van der Waals surface area contributed by atoms with Crippen molar-refractivity contribution in [3.63, 3.8) is 0 Å². The average Bonchev–Trinajstić information content (AvgIpc) is 2.23. The molecule has 0 bridgehead atoms. The van der Waals surface area contributed by atoms with Gasteiger partial charge in [0, 0.05) is 10.7 Å².